The van der Waals surface area contributed by atoms with Crippen LogP contribution in [0.2, 0.25) is 0 Å². The van der Waals surface area contributed by atoms with Gasteiger partial charge in [0.25, 0.3) is 0 Å². The van der Waals surface area contributed by atoms with Crippen LogP contribution in [0, 0.1) is 0 Å². The average Bonchev–Trinajstić information content (AvgIpc) is 2.76. The number of nitrogens with zero attached hydrogens (tertiary/aromatic N) is 2. The van der Waals surface area contributed by atoms with Gasteiger partial charge in [0.2, 0.25) is 5.89 Å². The lowest BCUT2D eigenvalue weighted by atomic mass is 10.1. The van der Waals surface area contributed by atoms with Crippen molar-refractivity contribution in [3.8, 4) is 0 Å². The second-order valence-corrected chi connectivity index (χ2v) is 4.35. The lowest BCUT2D eigenvalue weighted by Crippen LogP contribution is -2.02. The summed E-state index contributed by atoms with van der Waals surface area (Å²) in [6.07, 6.45) is 6.82. The third-order valence-corrected chi connectivity index (χ3v) is 2.68. The Hall–Kier alpha value is -1.65. The van der Waals surface area contributed by atoms with Crippen LogP contribution in [0.15, 0.2) is 16.7 Å². The van der Waals surface area contributed by atoms with Crippen LogP contribution in [0.5, 0.6) is 0 Å². The van der Waals surface area contributed by atoms with Crippen LogP contribution in [0.3, 0.4) is 0 Å². The van der Waals surface area contributed by atoms with Crippen LogP contribution in [-0.2, 0) is 17.6 Å². The predicted molar refractivity (Wildman–Crippen MR) is 67.2 cm³/mol. The maximum atomic E-state index is 10.6. The summed E-state index contributed by atoms with van der Waals surface area (Å²) < 4.78 is 4.98. The third kappa shape index (κ3) is 5.12. The summed E-state index contributed by atoms with van der Waals surface area (Å²) in [5.74, 6) is -0.0556. The molecule has 18 heavy (non-hydrogen) atoms. The van der Waals surface area contributed by atoms with Crippen LogP contribution in [0.25, 0.3) is 0 Å². The van der Waals surface area contributed by atoms with Gasteiger partial charge in [0, 0.05) is 12.0 Å². The molecule has 1 rings (SSSR count). The molecule has 1 aromatic heterocycles. The van der Waals surface area contributed by atoms with E-state index in [9.17, 15) is 4.79 Å². The summed E-state index contributed by atoms with van der Waals surface area (Å²) in [5, 5.41) is 12.5. The molecule has 0 fully saturated rings. The van der Waals surface area contributed by atoms with Crippen LogP contribution >= 0.6 is 0 Å². The fourth-order valence-electron chi connectivity index (χ4n) is 1.61. The topological polar surface area (TPSA) is 76.2 Å². The molecule has 1 heterocycles. The average molecular weight is 252 g/mol. The zero-order valence-corrected chi connectivity index (χ0v) is 10.8. The van der Waals surface area contributed by atoms with Gasteiger partial charge in [-0.2, -0.15) is 4.98 Å². The predicted octanol–water partition coefficient (Wildman–Crippen LogP) is 2.77. The van der Waals surface area contributed by atoms with Crippen molar-refractivity contribution in [1.29, 1.82) is 0 Å². The van der Waals surface area contributed by atoms with Gasteiger partial charge in [-0.15, -0.1) is 0 Å². The number of rotatable bonds is 9. The van der Waals surface area contributed by atoms with Gasteiger partial charge in [-0.3, -0.25) is 0 Å². The molecule has 0 atom stereocenters. The highest BCUT2D eigenvalue weighted by Crippen LogP contribution is 2.09. The summed E-state index contributed by atoms with van der Waals surface area (Å²) in [6, 6.07) is 0. The van der Waals surface area contributed by atoms with E-state index in [2.05, 4.69) is 23.6 Å². The Bertz CT molecular complexity index is 399. The number of aromatic nitrogens is 2. The van der Waals surface area contributed by atoms with Crippen molar-refractivity contribution in [2.75, 3.05) is 0 Å². The number of unbranched alkanes of at least 4 members (excludes halogenated alkanes) is 4. The van der Waals surface area contributed by atoms with Crippen molar-refractivity contribution in [1.82, 2.24) is 10.1 Å². The van der Waals surface area contributed by atoms with Gasteiger partial charge in [-0.05, 0) is 6.42 Å². The maximum Gasteiger partial charge on any atom is 0.331 e. The molecule has 0 amide bonds. The molecule has 1 aromatic rings. The van der Waals surface area contributed by atoms with Gasteiger partial charge in [-0.25, -0.2) is 4.79 Å². The molecule has 0 aliphatic rings. The molecule has 5 nitrogen and oxygen atoms in total. The highest BCUT2D eigenvalue weighted by atomic mass is 16.5. The summed E-state index contributed by atoms with van der Waals surface area (Å²) in [5.41, 5.74) is 0.0631. The third-order valence-electron chi connectivity index (χ3n) is 2.68. The summed E-state index contributed by atoms with van der Waals surface area (Å²) >= 11 is 0. The molecule has 0 spiro atoms. The van der Waals surface area contributed by atoms with Gasteiger partial charge in [0.1, 0.15) is 0 Å². The van der Waals surface area contributed by atoms with E-state index in [4.69, 9.17) is 9.63 Å². The highest BCUT2D eigenvalue weighted by Gasteiger charge is 2.11. The van der Waals surface area contributed by atoms with E-state index in [0.29, 0.717) is 11.7 Å². The molecule has 0 radical (unpaired) electrons. The largest absolute Gasteiger partial charge is 0.478 e. The van der Waals surface area contributed by atoms with E-state index >= 15 is 0 Å². The van der Waals surface area contributed by atoms with Gasteiger partial charge in [0.05, 0.1) is 6.42 Å². The summed E-state index contributed by atoms with van der Waals surface area (Å²) in [4.78, 5) is 14.7. The van der Waals surface area contributed by atoms with Gasteiger partial charge in [-0.1, -0.05) is 44.3 Å². The lowest BCUT2D eigenvalue weighted by Gasteiger charge is -1.96. The first-order valence-corrected chi connectivity index (χ1v) is 6.36. The molecular weight excluding hydrogens is 232 g/mol. The lowest BCUT2D eigenvalue weighted by molar-refractivity contribution is -0.132. The Morgan fingerprint density at radius 2 is 2.06 bits per heavy atom. The number of hydrogen-bond donors (Lipinski definition) is 1. The van der Waals surface area contributed by atoms with E-state index in [-0.39, 0.29) is 12.0 Å². The number of aryl methyl sites for hydroxylation is 1. The van der Waals surface area contributed by atoms with E-state index in [0.717, 1.165) is 12.8 Å². The standard InChI is InChI=1S/C13H20N2O3/c1-3-4-5-6-7-8-11-14-12(18-15-11)9-10(2)13(16)17/h2-9H2,1H3,(H,16,17). The van der Waals surface area contributed by atoms with E-state index in [1.165, 1.54) is 25.7 Å². The minimum Gasteiger partial charge on any atom is -0.478 e. The Morgan fingerprint density at radius 3 is 2.72 bits per heavy atom. The number of hydrogen-bond acceptors (Lipinski definition) is 4. The van der Waals surface area contributed by atoms with Gasteiger partial charge >= 0.3 is 5.97 Å². The van der Waals surface area contributed by atoms with Crippen molar-refractivity contribution < 1.29 is 14.4 Å². The van der Waals surface area contributed by atoms with E-state index in [1.54, 1.807) is 0 Å². The molecule has 0 unspecified atom stereocenters. The Balaban J connectivity index is 2.30. The summed E-state index contributed by atoms with van der Waals surface area (Å²) in [6.45, 7) is 5.61. The maximum absolute atomic E-state index is 10.6. The Labute approximate surface area is 107 Å². The van der Waals surface area contributed by atoms with Crippen LogP contribution < -0.4 is 0 Å². The van der Waals surface area contributed by atoms with Crippen LogP contribution in [0.1, 0.15) is 50.7 Å². The zero-order valence-electron chi connectivity index (χ0n) is 10.8. The first-order valence-electron chi connectivity index (χ1n) is 6.36. The monoisotopic (exact) mass is 252 g/mol. The molecular formula is C13H20N2O3. The fourth-order valence-corrected chi connectivity index (χ4v) is 1.61. The normalized spacial score (nSPS) is 10.5. The Morgan fingerprint density at radius 1 is 1.33 bits per heavy atom. The SMILES string of the molecule is C=C(Cc1nc(CCCCCCC)no1)C(=O)O. The van der Waals surface area contributed by atoms with Crippen LogP contribution in [0.4, 0.5) is 0 Å². The molecule has 0 bridgehead atoms. The second-order valence-electron chi connectivity index (χ2n) is 4.35. The van der Waals surface area contributed by atoms with Crippen molar-refractivity contribution in [2.45, 2.75) is 51.9 Å². The van der Waals surface area contributed by atoms with Crippen molar-refractivity contribution in [2.24, 2.45) is 0 Å². The quantitative estimate of drug-likeness (QED) is 0.540. The molecule has 0 saturated heterocycles. The molecule has 0 aromatic carbocycles. The molecule has 1 N–H and O–H groups in total. The summed E-state index contributed by atoms with van der Waals surface area (Å²) in [7, 11) is 0. The minimum atomic E-state index is -1.03. The van der Waals surface area contributed by atoms with Gasteiger partial charge < -0.3 is 9.63 Å². The molecule has 100 valence electrons. The molecule has 0 aliphatic carbocycles. The van der Waals surface area contributed by atoms with E-state index < -0.39 is 5.97 Å². The van der Waals surface area contributed by atoms with Crippen LogP contribution in [-0.4, -0.2) is 21.2 Å². The van der Waals surface area contributed by atoms with E-state index in [1.807, 2.05) is 0 Å². The highest BCUT2D eigenvalue weighted by molar-refractivity contribution is 5.86. The smallest absolute Gasteiger partial charge is 0.331 e. The molecule has 0 aliphatic heterocycles. The number of carboxylic acid groups (broad SMARTS) is 1. The molecule has 0 saturated carbocycles. The van der Waals surface area contributed by atoms with Crippen molar-refractivity contribution in [3.63, 3.8) is 0 Å². The number of carbonyl (C=O) groups is 1. The zero-order chi connectivity index (χ0) is 13.4. The first kappa shape index (κ1) is 14.4. The first-order chi connectivity index (χ1) is 8.63. The Kier molecular flexibility index (Phi) is 6.11. The van der Waals surface area contributed by atoms with Gasteiger partial charge in [0.15, 0.2) is 5.82 Å². The molecule has 5 heteroatoms. The fraction of sp³-hybridized carbons (Fsp3) is 0.615. The number of aliphatic carboxylic acids is 1. The number of carboxylic acids is 1. The van der Waals surface area contributed by atoms with Crippen molar-refractivity contribution in [3.05, 3.63) is 23.9 Å². The second kappa shape index (κ2) is 7.63. The minimum absolute atomic E-state index is 0.0631. The van der Waals surface area contributed by atoms with Crippen molar-refractivity contribution >= 4 is 5.97 Å².